The molecule has 2 heterocycles. The third-order valence-electron chi connectivity index (χ3n) is 5.82. The lowest BCUT2D eigenvalue weighted by Crippen LogP contribution is -2.49. The Kier molecular flexibility index (Phi) is 5.53. The molecule has 142 valence electrons. The molecule has 2 aromatic carbocycles. The molecule has 3 nitrogen and oxygen atoms in total. The molecule has 0 saturated carbocycles. The van der Waals surface area contributed by atoms with Crippen LogP contribution in [0.2, 0.25) is 0 Å². The summed E-state index contributed by atoms with van der Waals surface area (Å²) in [6.07, 6.45) is 5.91. The topological polar surface area (TPSA) is 23.6 Å². The van der Waals surface area contributed by atoms with E-state index in [1.165, 1.54) is 31.4 Å². The van der Waals surface area contributed by atoms with Gasteiger partial charge in [0.25, 0.3) is 5.91 Å². The van der Waals surface area contributed by atoms with Gasteiger partial charge in [-0.15, -0.1) is 0 Å². The van der Waals surface area contributed by atoms with Crippen LogP contribution in [0.25, 0.3) is 11.1 Å². The molecule has 27 heavy (non-hydrogen) atoms. The monoisotopic (exact) mass is 366 g/mol. The first kappa shape index (κ1) is 18.2. The van der Waals surface area contributed by atoms with Crippen molar-refractivity contribution in [3.8, 4) is 11.1 Å². The number of benzene rings is 2. The van der Waals surface area contributed by atoms with Crippen molar-refractivity contribution in [1.82, 2.24) is 9.80 Å². The summed E-state index contributed by atoms with van der Waals surface area (Å²) in [5.74, 6) is -0.150. The van der Waals surface area contributed by atoms with Gasteiger partial charge in [-0.2, -0.15) is 0 Å². The standard InChI is InChI=1S/C23H27FN2O/c24-21-10-6-8-19(16-21)18-7-5-9-20(15-18)23(27)26-14-2-1-11-22(26)17-25-12-3-4-13-25/h5-10,15-16,22H,1-4,11-14,17H2/t22-/m0/s1. The van der Waals surface area contributed by atoms with Gasteiger partial charge in [-0.3, -0.25) is 4.79 Å². The second kappa shape index (κ2) is 8.22. The average molecular weight is 366 g/mol. The van der Waals surface area contributed by atoms with E-state index < -0.39 is 0 Å². The fourth-order valence-corrected chi connectivity index (χ4v) is 4.39. The van der Waals surface area contributed by atoms with Gasteiger partial charge < -0.3 is 9.80 Å². The average Bonchev–Trinajstić information content (AvgIpc) is 3.21. The van der Waals surface area contributed by atoms with Crippen LogP contribution in [0.4, 0.5) is 4.39 Å². The minimum absolute atomic E-state index is 0.108. The van der Waals surface area contributed by atoms with Gasteiger partial charge in [0.05, 0.1) is 0 Å². The highest BCUT2D eigenvalue weighted by atomic mass is 19.1. The van der Waals surface area contributed by atoms with Crippen molar-refractivity contribution >= 4 is 5.91 Å². The summed E-state index contributed by atoms with van der Waals surface area (Å²) >= 11 is 0. The van der Waals surface area contributed by atoms with E-state index in [-0.39, 0.29) is 11.7 Å². The maximum absolute atomic E-state index is 13.6. The van der Waals surface area contributed by atoms with E-state index in [2.05, 4.69) is 9.80 Å². The van der Waals surface area contributed by atoms with Crippen molar-refractivity contribution < 1.29 is 9.18 Å². The van der Waals surface area contributed by atoms with Crippen LogP contribution in [0.3, 0.4) is 0 Å². The lowest BCUT2D eigenvalue weighted by Gasteiger charge is -2.38. The van der Waals surface area contributed by atoms with E-state index in [9.17, 15) is 9.18 Å². The molecular weight excluding hydrogens is 339 g/mol. The summed E-state index contributed by atoms with van der Waals surface area (Å²) in [4.78, 5) is 17.8. The Hall–Kier alpha value is -2.20. The minimum Gasteiger partial charge on any atom is -0.334 e. The second-order valence-corrected chi connectivity index (χ2v) is 7.75. The number of likely N-dealkylation sites (tertiary alicyclic amines) is 2. The summed E-state index contributed by atoms with van der Waals surface area (Å²) in [6.45, 7) is 4.15. The fourth-order valence-electron chi connectivity index (χ4n) is 4.39. The first-order chi connectivity index (χ1) is 13.2. The van der Waals surface area contributed by atoms with Gasteiger partial charge in [-0.25, -0.2) is 4.39 Å². The third-order valence-corrected chi connectivity index (χ3v) is 5.82. The van der Waals surface area contributed by atoms with Crippen LogP contribution in [-0.2, 0) is 0 Å². The van der Waals surface area contributed by atoms with Crippen molar-refractivity contribution in [2.75, 3.05) is 26.2 Å². The molecule has 4 heteroatoms. The molecular formula is C23H27FN2O. The molecule has 0 radical (unpaired) electrons. The number of carbonyl (C=O) groups excluding carboxylic acids is 1. The van der Waals surface area contributed by atoms with Gasteiger partial charge in [0.15, 0.2) is 0 Å². The molecule has 1 atom stereocenters. The van der Waals surface area contributed by atoms with Crippen LogP contribution >= 0.6 is 0 Å². The van der Waals surface area contributed by atoms with Gasteiger partial charge >= 0.3 is 0 Å². The molecule has 0 N–H and O–H groups in total. The molecule has 2 fully saturated rings. The maximum Gasteiger partial charge on any atom is 0.254 e. The number of hydrogen-bond donors (Lipinski definition) is 0. The number of halogens is 1. The number of rotatable bonds is 4. The van der Waals surface area contributed by atoms with E-state index in [4.69, 9.17) is 0 Å². The normalized spacial score (nSPS) is 20.8. The van der Waals surface area contributed by atoms with Crippen LogP contribution in [0.5, 0.6) is 0 Å². The Bertz CT molecular complexity index is 800. The lowest BCUT2D eigenvalue weighted by molar-refractivity contribution is 0.0560. The fraction of sp³-hybridized carbons (Fsp3) is 0.435. The number of amides is 1. The Labute approximate surface area is 160 Å². The Morgan fingerprint density at radius 1 is 0.926 bits per heavy atom. The molecule has 0 spiro atoms. The molecule has 2 aliphatic heterocycles. The predicted octanol–water partition coefficient (Wildman–Crippen LogP) is 4.58. The number of piperidine rings is 1. The highest BCUT2D eigenvalue weighted by Crippen LogP contribution is 2.25. The number of nitrogens with zero attached hydrogens (tertiary/aromatic N) is 2. The molecule has 2 saturated heterocycles. The summed E-state index contributed by atoms with van der Waals surface area (Å²) < 4.78 is 13.6. The van der Waals surface area contributed by atoms with E-state index in [1.54, 1.807) is 6.07 Å². The maximum atomic E-state index is 13.6. The van der Waals surface area contributed by atoms with Crippen molar-refractivity contribution in [3.05, 3.63) is 59.9 Å². The van der Waals surface area contributed by atoms with E-state index in [0.29, 0.717) is 11.6 Å². The number of hydrogen-bond acceptors (Lipinski definition) is 2. The van der Waals surface area contributed by atoms with Crippen molar-refractivity contribution in [2.45, 2.75) is 38.1 Å². The highest BCUT2D eigenvalue weighted by Gasteiger charge is 2.29. The summed E-state index contributed by atoms with van der Waals surface area (Å²) in [5, 5.41) is 0. The Morgan fingerprint density at radius 3 is 2.41 bits per heavy atom. The third kappa shape index (κ3) is 4.22. The molecule has 4 rings (SSSR count). The predicted molar refractivity (Wildman–Crippen MR) is 106 cm³/mol. The van der Waals surface area contributed by atoms with Gasteiger partial charge in [0.2, 0.25) is 0 Å². The van der Waals surface area contributed by atoms with Crippen LogP contribution in [0.15, 0.2) is 48.5 Å². The van der Waals surface area contributed by atoms with Crippen molar-refractivity contribution in [2.24, 2.45) is 0 Å². The largest absolute Gasteiger partial charge is 0.334 e. The molecule has 1 amide bonds. The smallest absolute Gasteiger partial charge is 0.254 e. The molecule has 0 aliphatic carbocycles. The first-order valence-electron chi connectivity index (χ1n) is 10.1. The van der Waals surface area contributed by atoms with E-state index in [1.807, 2.05) is 30.3 Å². The van der Waals surface area contributed by atoms with Crippen LogP contribution in [-0.4, -0.2) is 47.9 Å². The molecule has 0 aromatic heterocycles. The Balaban J connectivity index is 1.54. The van der Waals surface area contributed by atoms with Crippen molar-refractivity contribution in [1.29, 1.82) is 0 Å². The summed E-state index contributed by atoms with van der Waals surface area (Å²) in [7, 11) is 0. The molecule has 0 bridgehead atoms. The van der Waals surface area contributed by atoms with Crippen LogP contribution in [0.1, 0.15) is 42.5 Å². The molecule has 0 unspecified atom stereocenters. The first-order valence-corrected chi connectivity index (χ1v) is 10.1. The van der Waals surface area contributed by atoms with Crippen molar-refractivity contribution in [3.63, 3.8) is 0 Å². The van der Waals surface area contributed by atoms with Crippen LogP contribution in [0, 0.1) is 5.82 Å². The zero-order chi connectivity index (χ0) is 18.6. The SMILES string of the molecule is O=C(c1cccc(-c2cccc(F)c2)c1)N1CCCC[C@H]1CN1CCCC1. The Morgan fingerprint density at radius 2 is 1.63 bits per heavy atom. The summed E-state index contributed by atoms with van der Waals surface area (Å²) in [6, 6.07) is 14.5. The second-order valence-electron chi connectivity index (χ2n) is 7.75. The van der Waals surface area contributed by atoms with E-state index >= 15 is 0 Å². The highest BCUT2D eigenvalue weighted by molar-refractivity contribution is 5.95. The van der Waals surface area contributed by atoms with Gasteiger partial charge in [0, 0.05) is 24.7 Å². The molecule has 2 aliphatic rings. The quantitative estimate of drug-likeness (QED) is 0.790. The van der Waals surface area contributed by atoms with Gasteiger partial charge in [-0.05, 0) is 80.6 Å². The lowest BCUT2D eigenvalue weighted by atomic mass is 9.98. The van der Waals surface area contributed by atoms with Gasteiger partial charge in [0.1, 0.15) is 5.82 Å². The minimum atomic E-state index is -0.258. The summed E-state index contributed by atoms with van der Waals surface area (Å²) in [5.41, 5.74) is 2.38. The zero-order valence-electron chi connectivity index (χ0n) is 15.7. The van der Waals surface area contributed by atoms with Gasteiger partial charge in [-0.1, -0.05) is 24.3 Å². The van der Waals surface area contributed by atoms with E-state index in [0.717, 1.165) is 50.1 Å². The molecule has 2 aromatic rings. The van der Waals surface area contributed by atoms with Crippen LogP contribution < -0.4 is 0 Å². The zero-order valence-corrected chi connectivity index (χ0v) is 15.7. The number of carbonyl (C=O) groups is 1.